The third-order valence-electron chi connectivity index (χ3n) is 3.75. The summed E-state index contributed by atoms with van der Waals surface area (Å²) in [6, 6.07) is -0.538. The molecule has 3 atom stereocenters. The van der Waals surface area contributed by atoms with Crippen LogP contribution in [0.5, 0.6) is 0 Å². The fourth-order valence-corrected chi connectivity index (χ4v) is 2.71. The molecule has 2 aliphatic heterocycles. The minimum absolute atomic E-state index is 0.0869. The van der Waals surface area contributed by atoms with Crippen LogP contribution in [0.2, 0.25) is 0 Å². The summed E-state index contributed by atoms with van der Waals surface area (Å²) < 4.78 is 10.1. The number of esters is 1. The van der Waals surface area contributed by atoms with E-state index in [2.05, 4.69) is 5.32 Å². The second kappa shape index (κ2) is 7.01. The number of carbonyl (C=O) groups is 2. The molecule has 0 aliphatic carbocycles. The smallest absolute Gasteiger partial charge is 0.323 e. The molecular formula is C13H22N2O5. The van der Waals surface area contributed by atoms with E-state index in [-0.39, 0.29) is 18.6 Å². The number of methoxy groups -OCH3 is 1. The molecule has 20 heavy (non-hydrogen) atoms. The quantitative estimate of drug-likeness (QED) is 0.623. The maximum absolute atomic E-state index is 11.9. The lowest BCUT2D eigenvalue weighted by molar-refractivity contribution is -0.146. The number of β-amino-alcohol motifs (C(OH)–C–C–N with tert-alkyl or cyclic N) is 1. The third-order valence-corrected chi connectivity index (χ3v) is 3.75. The van der Waals surface area contributed by atoms with E-state index in [1.165, 1.54) is 7.11 Å². The molecule has 0 aromatic rings. The van der Waals surface area contributed by atoms with Gasteiger partial charge in [-0.25, -0.2) is 0 Å². The number of nitrogens with one attached hydrogen (secondary N) is 1. The van der Waals surface area contributed by atoms with Crippen LogP contribution in [0.3, 0.4) is 0 Å². The van der Waals surface area contributed by atoms with Crippen molar-refractivity contribution in [3.63, 3.8) is 0 Å². The Labute approximate surface area is 118 Å². The van der Waals surface area contributed by atoms with Crippen molar-refractivity contribution in [3.05, 3.63) is 0 Å². The Morgan fingerprint density at radius 1 is 1.50 bits per heavy atom. The van der Waals surface area contributed by atoms with Gasteiger partial charge in [0.2, 0.25) is 5.91 Å². The molecule has 0 aromatic heterocycles. The number of ether oxygens (including phenoxy) is 2. The highest BCUT2D eigenvalue weighted by Gasteiger charge is 2.37. The van der Waals surface area contributed by atoms with E-state index < -0.39 is 18.1 Å². The summed E-state index contributed by atoms with van der Waals surface area (Å²) in [6.45, 7) is 1.65. The van der Waals surface area contributed by atoms with Crippen molar-refractivity contribution in [3.8, 4) is 0 Å². The van der Waals surface area contributed by atoms with Crippen molar-refractivity contribution in [1.82, 2.24) is 10.2 Å². The highest BCUT2D eigenvalue weighted by Crippen LogP contribution is 2.18. The van der Waals surface area contributed by atoms with Crippen LogP contribution in [-0.2, 0) is 19.1 Å². The Bertz CT molecular complexity index is 357. The first-order valence-corrected chi connectivity index (χ1v) is 6.98. The van der Waals surface area contributed by atoms with Gasteiger partial charge in [-0.05, 0) is 12.8 Å². The van der Waals surface area contributed by atoms with E-state index in [9.17, 15) is 14.7 Å². The first-order valence-electron chi connectivity index (χ1n) is 6.98. The maximum atomic E-state index is 11.9. The standard InChI is InChI=1S/C13H22N2O5/c1-19-13(18)11-5-9(16)7-15(11)8-12(17)14-6-10-3-2-4-20-10/h9-11,16H,2-8H2,1H3,(H,14,17). The van der Waals surface area contributed by atoms with Gasteiger partial charge in [-0.3, -0.25) is 14.5 Å². The average Bonchev–Trinajstić information content (AvgIpc) is 3.05. The summed E-state index contributed by atoms with van der Waals surface area (Å²) >= 11 is 0. The largest absolute Gasteiger partial charge is 0.468 e. The van der Waals surface area contributed by atoms with E-state index in [1.807, 2.05) is 0 Å². The molecule has 0 radical (unpaired) electrons. The molecule has 0 aromatic carbocycles. The summed E-state index contributed by atoms with van der Waals surface area (Å²) in [5.74, 6) is -0.572. The van der Waals surface area contributed by atoms with Gasteiger partial charge in [-0.1, -0.05) is 0 Å². The SMILES string of the molecule is COC(=O)C1CC(O)CN1CC(=O)NCC1CCCO1. The zero-order valence-electron chi connectivity index (χ0n) is 11.7. The fourth-order valence-electron chi connectivity index (χ4n) is 2.71. The zero-order valence-corrected chi connectivity index (χ0v) is 11.7. The van der Waals surface area contributed by atoms with Gasteiger partial charge in [0.05, 0.1) is 25.9 Å². The summed E-state index contributed by atoms with van der Waals surface area (Å²) in [5, 5.41) is 12.4. The molecular weight excluding hydrogens is 264 g/mol. The molecule has 2 N–H and O–H groups in total. The van der Waals surface area contributed by atoms with Gasteiger partial charge in [0, 0.05) is 26.1 Å². The van der Waals surface area contributed by atoms with Crippen LogP contribution >= 0.6 is 0 Å². The Hall–Kier alpha value is -1.18. The van der Waals surface area contributed by atoms with Crippen molar-refractivity contribution in [2.24, 2.45) is 0 Å². The number of amides is 1. The molecule has 0 bridgehead atoms. The summed E-state index contributed by atoms with van der Waals surface area (Å²) in [7, 11) is 1.31. The highest BCUT2D eigenvalue weighted by molar-refractivity contribution is 5.80. The Morgan fingerprint density at radius 2 is 2.30 bits per heavy atom. The zero-order chi connectivity index (χ0) is 14.5. The number of rotatable bonds is 5. The molecule has 114 valence electrons. The van der Waals surface area contributed by atoms with Crippen molar-refractivity contribution < 1.29 is 24.2 Å². The minimum Gasteiger partial charge on any atom is -0.468 e. The van der Waals surface area contributed by atoms with Crippen LogP contribution in [0.1, 0.15) is 19.3 Å². The number of hydrogen-bond donors (Lipinski definition) is 2. The highest BCUT2D eigenvalue weighted by atomic mass is 16.5. The fraction of sp³-hybridized carbons (Fsp3) is 0.846. The summed E-state index contributed by atoms with van der Waals surface area (Å²) in [5.41, 5.74) is 0. The monoisotopic (exact) mass is 286 g/mol. The number of carbonyl (C=O) groups excluding carboxylic acids is 2. The van der Waals surface area contributed by atoms with Crippen LogP contribution in [0, 0.1) is 0 Å². The van der Waals surface area contributed by atoms with Crippen LogP contribution < -0.4 is 5.32 Å². The molecule has 2 fully saturated rings. The third kappa shape index (κ3) is 3.91. The van der Waals surface area contributed by atoms with Crippen molar-refractivity contribution in [1.29, 1.82) is 0 Å². The lowest BCUT2D eigenvalue weighted by atomic mass is 10.2. The lowest BCUT2D eigenvalue weighted by Gasteiger charge is -2.21. The van der Waals surface area contributed by atoms with E-state index in [0.29, 0.717) is 19.5 Å². The predicted molar refractivity (Wildman–Crippen MR) is 70.0 cm³/mol. The van der Waals surface area contributed by atoms with Gasteiger partial charge < -0.3 is 19.9 Å². The Kier molecular flexibility index (Phi) is 5.33. The van der Waals surface area contributed by atoms with E-state index >= 15 is 0 Å². The number of aliphatic hydroxyl groups excluding tert-OH is 1. The first kappa shape index (κ1) is 15.2. The molecule has 0 saturated carbocycles. The molecule has 2 saturated heterocycles. The average molecular weight is 286 g/mol. The van der Waals surface area contributed by atoms with Crippen LogP contribution in [0.25, 0.3) is 0 Å². The minimum atomic E-state index is -0.593. The molecule has 2 aliphatic rings. The van der Waals surface area contributed by atoms with Gasteiger partial charge in [0.1, 0.15) is 6.04 Å². The Balaban J connectivity index is 1.78. The molecule has 3 unspecified atom stereocenters. The lowest BCUT2D eigenvalue weighted by Crippen LogP contribution is -2.44. The van der Waals surface area contributed by atoms with Crippen molar-refractivity contribution in [2.45, 2.75) is 37.5 Å². The molecule has 7 nitrogen and oxygen atoms in total. The predicted octanol–water partition coefficient (Wildman–Crippen LogP) is -1.11. The van der Waals surface area contributed by atoms with E-state index in [1.54, 1.807) is 4.90 Å². The van der Waals surface area contributed by atoms with Crippen molar-refractivity contribution >= 4 is 11.9 Å². The molecule has 7 heteroatoms. The molecule has 2 heterocycles. The van der Waals surface area contributed by atoms with Gasteiger partial charge in [0.15, 0.2) is 0 Å². The van der Waals surface area contributed by atoms with Gasteiger partial charge in [-0.2, -0.15) is 0 Å². The van der Waals surface area contributed by atoms with Crippen LogP contribution in [0.15, 0.2) is 0 Å². The number of aliphatic hydroxyl groups is 1. The maximum Gasteiger partial charge on any atom is 0.323 e. The Morgan fingerprint density at radius 3 is 2.95 bits per heavy atom. The van der Waals surface area contributed by atoms with Crippen molar-refractivity contribution in [2.75, 3.05) is 33.4 Å². The summed E-state index contributed by atoms with van der Waals surface area (Å²) in [6.07, 6.45) is 1.81. The normalized spacial score (nSPS) is 30.4. The van der Waals surface area contributed by atoms with Crippen LogP contribution in [0.4, 0.5) is 0 Å². The number of likely N-dealkylation sites (tertiary alicyclic amines) is 1. The number of hydrogen-bond acceptors (Lipinski definition) is 6. The second-order valence-corrected chi connectivity index (χ2v) is 5.30. The van der Waals surface area contributed by atoms with Crippen LogP contribution in [-0.4, -0.2) is 73.5 Å². The van der Waals surface area contributed by atoms with E-state index in [4.69, 9.17) is 9.47 Å². The molecule has 1 amide bonds. The molecule has 2 rings (SSSR count). The van der Waals surface area contributed by atoms with Gasteiger partial charge in [-0.15, -0.1) is 0 Å². The second-order valence-electron chi connectivity index (χ2n) is 5.30. The number of nitrogens with zero attached hydrogens (tertiary/aromatic N) is 1. The van der Waals surface area contributed by atoms with Gasteiger partial charge >= 0.3 is 5.97 Å². The first-order chi connectivity index (χ1) is 9.60. The topological polar surface area (TPSA) is 88.1 Å². The van der Waals surface area contributed by atoms with E-state index in [0.717, 1.165) is 19.4 Å². The summed E-state index contributed by atoms with van der Waals surface area (Å²) in [4.78, 5) is 25.1. The molecule has 0 spiro atoms. The van der Waals surface area contributed by atoms with Gasteiger partial charge in [0.25, 0.3) is 0 Å².